The average molecular weight is 355 g/mol. The molecule has 6 heteroatoms. The molecule has 2 heterocycles. The molecule has 1 aromatic rings. The summed E-state index contributed by atoms with van der Waals surface area (Å²) in [6.07, 6.45) is 1.71. The zero-order valence-corrected chi connectivity index (χ0v) is 14.7. The molecule has 116 valence electrons. The summed E-state index contributed by atoms with van der Waals surface area (Å²) < 4.78 is 0.820. The molecule has 0 bridgehead atoms. The van der Waals surface area contributed by atoms with E-state index >= 15 is 0 Å². The van der Waals surface area contributed by atoms with Gasteiger partial charge in [0, 0.05) is 42.4 Å². The Morgan fingerprint density at radius 1 is 1.48 bits per heavy atom. The van der Waals surface area contributed by atoms with Crippen molar-refractivity contribution in [1.29, 1.82) is 0 Å². The third-order valence-corrected chi connectivity index (χ3v) is 4.47. The molecule has 0 atom stereocenters. The van der Waals surface area contributed by atoms with Crippen molar-refractivity contribution in [2.75, 3.05) is 38.5 Å². The molecule has 1 aliphatic heterocycles. The summed E-state index contributed by atoms with van der Waals surface area (Å²) in [5.41, 5.74) is 0.623. The summed E-state index contributed by atoms with van der Waals surface area (Å²) in [5.74, 6) is 0.698. The van der Waals surface area contributed by atoms with Crippen molar-refractivity contribution >= 4 is 27.7 Å². The number of nitrogens with zero attached hydrogens (tertiary/aromatic N) is 3. The number of nitrogens with one attached hydrogen (secondary N) is 1. The number of carbonyl (C=O) groups excluding carboxylic acids is 1. The maximum Gasteiger partial charge on any atom is 0.257 e. The highest BCUT2D eigenvalue weighted by molar-refractivity contribution is 9.10. The van der Waals surface area contributed by atoms with Crippen molar-refractivity contribution in [2.24, 2.45) is 0 Å². The van der Waals surface area contributed by atoms with E-state index in [0.29, 0.717) is 11.4 Å². The third-order valence-electron chi connectivity index (χ3n) is 4.03. The minimum Gasteiger partial charge on any atom is -0.370 e. The first-order valence-corrected chi connectivity index (χ1v) is 8.04. The fourth-order valence-corrected chi connectivity index (χ4v) is 2.83. The van der Waals surface area contributed by atoms with E-state index in [0.717, 1.165) is 30.7 Å². The van der Waals surface area contributed by atoms with Crippen LogP contribution in [0.25, 0.3) is 0 Å². The maximum atomic E-state index is 12.8. The third kappa shape index (κ3) is 3.55. The molecule has 1 fully saturated rings. The van der Waals surface area contributed by atoms with Crippen molar-refractivity contribution < 1.29 is 4.79 Å². The van der Waals surface area contributed by atoms with E-state index in [1.807, 2.05) is 17.9 Å². The standard InChI is InChI=1S/C15H23BrN4O/c1-5-17-13-12(8-11(16)9-18-13)14(21)20-7-6-19(4)15(2,3)10-20/h8-9H,5-7,10H2,1-4H3,(H,17,18). The van der Waals surface area contributed by atoms with Gasteiger partial charge in [-0.1, -0.05) is 0 Å². The predicted octanol–water partition coefficient (Wildman–Crippen LogP) is 2.44. The van der Waals surface area contributed by atoms with Crippen molar-refractivity contribution in [3.8, 4) is 0 Å². The van der Waals surface area contributed by atoms with E-state index in [1.165, 1.54) is 0 Å². The summed E-state index contributed by atoms with van der Waals surface area (Å²) in [6.45, 7) is 9.42. The lowest BCUT2D eigenvalue weighted by molar-refractivity contribution is 0.0312. The van der Waals surface area contributed by atoms with Gasteiger partial charge in [-0.05, 0) is 49.8 Å². The summed E-state index contributed by atoms with van der Waals surface area (Å²) in [5, 5.41) is 3.16. The fourth-order valence-electron chi connectivity index (χ4n) is 2.49. The molecule has 21 heavy (non-hydrogen) atoms. The summed E-state index contributed by atoms with van der Waals surface area (Å²) >= 11 is 3.40. The number of carbonyl (C=O) groups is 1. The first-order valence-electron chi connectivity index (χ1n) is 7.25. The van der Waals surface area contributed by atoms with Gasteiger partial charge in [-0.15, -0.1) is 0 Å². The van der Waals surface area contributed by atoms with Crippen LogP contribution in [0.2, 0.25) is 0 Å². The minimum absolute atomic E-state index is 0.00823. The Balaban J connectivity index is 2.26. The van der Waals surface area contributed by atoms with E-state index in [9.17, 15) is 4.79 Å². The highest BCUT2D eigenvalue weighted by atomic mass is 79.9. The number of likely N-dealkylation sites (N-methyl/N-ethyl adjacent to an activating group) is 1. The van der Waals surface area contributed by atoms with E-state index in [1.54, 1.807) is 6.20 Å². The maximum absolute atomic E-state index is 12.8. The highest BCUT2D eigenvalue weighted by Crippen LogP contribution is 2.24. The van der Waals surface area contributed by atoms with Crippen LogP contribution in [0, 0.1) is 0 Å². The number of piperazine rings is 1. The molecule has 1 saturated heterocycles. The molecule has 0 spiro atoms. The molecule has 0 aliphatic carbocycles. The fraction of sp³-hybridized carbons (Fsp3) is 0.600. The molecular formula is C15H23BrN4O. The van der Waals surface area contributed by atoms with Gasteiger partial charge in [0.15, 0.2) is 0 Å². The van der Waals surface area contributed by atoms with E-state index < -0.39 is 0 Å². The van der Waals surface area contributed by atoms with Gasteiger partial charge >= 0.3 is 0 Å². The molecule has 1 N–H and O–H groups in total. The minimum atomic E-state index is -0.00823. The lowest BCUT2D eigenvalue weighted by Gasteiger charge is -2.45. The van der Waals surface area contributed by atoms with Gasteiger partial charge < -0.3 is 10.2 Å². The second kappa shape index (κ2) is 6.32. The van der Waals surface area contributed by atoms with E-state index in [2.05, 4.69) is 52.0 Å². The Kier molecular flexibility index (Phi) is 4.88. The number of pyridine rings is 1. The van der Waals surface area contributed by atoms with Crippen LogP contribution in [0.15, 0.2) is 16.7 Å². The smallest absolute Gasteiger partial charge is 0.257 e. The summed E-state index contributed by atoms with van der Waals surface area (Å²) in [6, 6.07) is 1.85. The quantitative estimate of drug-likeness (QED) is 0.905. The van der Waals surface area contributed by atoms with Gasteiger partial charge in [0.25, 0.3) is 5.91 Å². The van der Waals surface area contributed by atoms with Crippen molar-refractivity contribution in [2.45, 2.75) is 26.3 Å². The largest absolute Gasteiger partial charge is 0.370 e. The van der Waals surface area contributed by atoms with Crippen LogP contribution in [0.3, 0.4) is 0 Å². The molecular weight excluding hydrogens is 332 g/mol. The first-order chi connectivity index (χ1) is 9.85. The molecule has 1 amide bonds. The highest BCUT2D eigenvalue weighted by Gasteiger charge is 2.34. The Morgan fingerprint density at radius 2 is 2.19 bits per heavy atom. The van der Waals surface area contributed by atoms with Crippen LogP contribution >= 0.6 is 15.9 Å². The summed E-state index contributed by atoms with van der Waals surface area (Å²) in [7, 11) is 2.10. The van der Waals surface area contributed by atoms with Gasteiger partial charge in [0.2, 0.25) is 0 Å². The second-order valence-corrected chi connectivity index (χ2v) is 6.96. The van der Waals surface area contributed by atoms with Gasteiger partial charge in [-0.2, -0.15) is 0 Å². The number of aromatic nitrogens is 1. The molecule has 2 rings (SSSR count). The number of rotatable bonds is 3. The van der Waals surface area contributed by atoms with Crippen LogP contribution in [-0.2, 0) is 0 Å². The Morgan fingerprint density at radius 3 is 2.81 bits per heavy atom. The van der Waals surface area contributed by atoms with Crippen LogP contribution in [-0.4, -0.2) is 59.5 Å². The monoisotopic (exact) mass is 354 g/mol. The van der Waals surface area contributed by atoms with E-state index in [4.69, 9.17) is 0 Å². The Labute approximate surface area is 134 Å². The molecule has 0 unspecified atom stereocenters. The SMILES string of the molecule is CCNc1ncc(Br)cc1C(=O)N1CCN(C)C(C)(C)C1. The van der Waals surface area contributed by atoms with Crippen LogP contribution in [0.1, 0.15) is 31.1 Å². The second-order valence-electron chi connectivity index (χ2n) is 6.04. The summed E-state index contributed by atoms with van der Waals surface area (Å²) in [4.78, 5) is 21.4. The van der Waals surface area contributed by atoms with Crippen LogP contribution in [0.4, 0.5) is 5.82 Å². The molecule has 0 radical (unpaired) electrons. The first kappa shape index (κ1) is 16.2. The van der Waals surface area contributed by atoms with Gasteiger partial charge in [-0.3, -0.25) is 9.69 Å². The van der Waals surface area contributed by atoms with Gasteiger partial charge in [0.1, 0.15) is 5.82 Å². The molecule has 5 nitrogen and oxygen atoms in total. The average Bonchev–Trinajstić information content (AvgIpc) is 2.43. The normalized spacial score (nSPS) is 18.6. The Hall–Kier alpha value is -1.14. The topological polar surface area (TPSA) is 48.5 Å². The zero-order valence-electron chi connectivity index (χ0n) is 13.1. The van der Waals surface area contributed by atoms with Gasteiger partial charge in [-0.25, -0.2) is 4.98 Å². The van der Waals surface area contributed by atoms with E-state index in [-0.39, 0.29) is 11.4 Å². The van der Waals surface area contributed by atoms with Gasteiger partial charge in [0.05, 0.1) is 5.56 Å². The number of anilines is 1. The van der Waals surface area contributed by atoms with Crippen molar-refractivity contribution in [3.05, 3.63) is 22.3 Å². The number of hydrogen-bond donors (Lipinski definition) is 1. The number of halogens is 1. The molecule has 0 aromatic carbocycles. The lowest BCUT2D eigenvalue weighted by atomic mass is 9.99. The molecule has 1 aromatic heterocycles. The lowest BCUT2D eigenvalue weighted by Crippen LogP contribution is -2.58. The molecule has 0 saturated carbocycles. The van der Waals surface area contributed by atoms with Crippen molar-refractivity contribution in [1.82, 2.24) is 14.8 Å². The number of hydrogen-bond acceptors (Lipinski definition) is 4. The van der Waals surface area contributed by atoms with Crippen LogP contribution < -0.4 is 5.32 Å². The van der Waals surface area contributed by atoms with Crippen LogP contribution in [0.5, 0.6) is 0 Å². The Bertz CT molecular complexity index is 532. The zero-order chi connectivity index (χ0) is 15.6. The number of amides is 1. The predicted molar refractivity (Wildman–Crippen MR) is 88.7 cm³/mol. The van der Waals surface area contributed by atoms with Crippen molar-refractivity contribution in [3.63, 3.8) is 0 Å². The molecule has 1 aliphatic rings.